The molecule has 0 unspecified atom stereocenters. The number of carbonyl (C=O) groups excluding carboxylic acids is 1. The van der Waals surface area contributed by atoms with Crippen LogP contribution in [0.25, 0.3) is 0 Å². The van der Waals surface area contributed by atoms with Crippen molar-refractivity contribution in [3.63, 3.8) is 0 Å². The molecule has 0 saturated heterocycles. The third-order valence-electron chi connectivity index (χ3n) is 2.76. The van der Waals surface area contributed by atoms with Crippen molar-refractivity contribution in [1.82, 2.24) is 4.90 Å². The summed E-state index contributed by atoms with van der Waals surface area (Å²) in [6.07, 6.45) is 0. The van der Waals surface area contributed by atoms with E-state index in [9.17, 15) is 9.18 Å². The fourth-order valence-corrected chi connectivity index (χ4v) is 1.78. The highest BCUT2D eigenvalue weighted by molar-refractivity contribution is 5.95. The molecule has 0 radical (unpaired) electrons. The number of benzene rings is 1. The molecule has 20 heavy (non-hydrogen) atoms. The summed E-state index contributed by atoms with van der Waals surface area (Å²) < 4.78 is 13.8. The molecular formula is C15H19FN2O2. The summed E-state index contributed by atoms with van der Waals surface area (Å²) in [6.45, 7) is 3.81. The zero-order valence-electron chi connectivity index (χ0n) is 11.7. The fourth-order valence-electron chi connectivity index (χ4n) is 1.78. The van der Waals surface area contributed by atoms with Gasteiger partial charge in [0.15, 0.2) is 0 Å². The fraction of sp³-hybridized carbons (Fsp3) is 0.400. The van der Waals surface area contributed by atoms with Gasteiger partial charge in [-0.2, -0.15) is 0 Å². The molecule has 0 aliphatic carbocycles. The summed E-state index contributed by atoms with van der Waals surface area (Å²) in [5, 5.41) is 9.00. The van der Waals surface area contributed by atoms with E-state index in [2.05, 4.69) is 11.8 Å². The van der Waals surface area contributed by atoms with E-state index in [0.29, 0.717) is 5.56 Å². The lowest BCUT2D eigenvalue weighted by Crippen LogP contribution is -2.39. The van der Waals surface area contributed by atoms with Crippen molar-refractivity contribution in [2.45, 2.75) is 19.9 Å². The van der Waals surface area contributed by atoms with Gasteiger partial charge in [0.25, 0.3) is 5.91 Å². The smallest absolute Gasteiger partial charge is 0.257 e. The Balaban J connectivity index is 3.13. The number of aliphatic hydroxyl groups excluding tert-OH is 1. The van der Waals surface area contributed by atoms with Crippen molar-refractivity contribution in [2.75, 3.05) is 19.7 Å². The molecule has 1 aromatic carbocycles. The molecule has 0 aliphatic rings. The number of nitrogens with zero attached hydrogens (tertiary/aromatic N) is 1. The normalized spacial score (nSPS) is 10.1. The van der Waals surface area contributed by atoms with Crippen LogP contribution in [0.5, 0.6) is 0 Å². The first kappa shape index (κ1) is 16.2. The number of carbonyl (C=O) groups is 1. The summed E-state index contributed by atoms with van der Waals surface area (Å²) in [4.78, 5) is 13.7. The van der Waals surface area contributed by atoms with Gasteiger partial charge in [-0.1, -0.05) is 11.8 Å². The molecule has 0 aromatic heterocycles. The Labute approximate surface area is 118 Å². The Morgan fingerprint density at radius 3 is 2.75 bits per heavy atom. The first-order chi connectivity index (χ1) is 9.51. The highest BCUT2D eigenvalue weighted by Gasteiger charge is 2.21. The zero-order chi connectivity index (χ0) is 15.1. The van der Waals surface area contributed by atoms with E-state index in [1.54, 1.807) is 0 Å². The molecule has 4 nitrogen and oxygen atoms in total. The van der Waals surface area contributed by atoms with E-state index in [-0.39, 0.29) is 31.3 Å². The Morgan fingerprint density at radius 2 is 2.20 bits per heavy atom. The van der Waals surface area contributed by atoms with Crippen molar-refractivity contribution in [1.29, 1.82) is 0 Å². The highest BCUT2D eigenvalue weighted by Crippen LogP contribution is 2.14. The molecule has 5 heteroatoms. The van der Waals surface area contributed by atoms with Gasteiger partial charge in [-0.05, 0) is 32.0 Å². The Morgan fingerprint density at radius 1 is 1.50 bits per heavy atom. The number of nitrogens with two attached hydrogens (primary N) is 1. The summed E-state index contributed by atoms with van der Waals surface area (Å²) >= 11 is 0. The number of amides is 1. The maximum Gasteiger partial charge on any atom is 0.257 e. The first-order valence-corrected chi connectivity index (χ1v) is 6.41. The van der Waals surface area contributed by atoms with Gasteiger partial charge in [0.2, 0.25) is 0 Å². The van der Waals surface area contributed by atoms with Gasteiger partial charge in [0.1, 0.15) is 5.82 Å². The van der Waals surface area contributed by atoms with Crippen LogP contribution in [0.2, 0.25) is 0 Å². The molecule has 0 spiro atoms. The van der Waals surface area contributed by atoms with E-state index in [4.69, 9.17) is 10.8 Å². The SMILES string of the molecule is CC(C)N(CCO)C(=O)c1cc(C#CCN)ccc1F. The van der Waals surface area contributed by atoms with Crippen LogP contribution in [0.3, 0.4) is 0 Å². The van der Waals surface area contributed by atoms with Gasteiger partial charge in [-0.15, -0.1) is 0 Å². The van der Waals surface area contributed by atoms with E-state index in [0.717, 1.165) is 0 Å². The van der Waals surface area contributed by atoms with Gasteiger partial charge >= 0.3 is 0 Å². The molecule has 3 N–H and O–H groups in total. The Kier molecular flexibility index (Phi) is 6.16. The molecule has 0 bridgehead atoms. The number of hydrogen-bond acceptors (Lipinski definition) is 3. The van der Waals surface area contributed by atoms with Gasteiger partial charge in [0, 0.05) is 18.2 Å². The van der Waals surface area contributed by atoms with Crippen LogP contribution in [0.4, 0.5) is 4.39 Å². The molecule has 0 heterocycles. The predicted molar refractivity (Wildman–Crippen MR) is 75.6 cm³/mol. The largest absolute Gasteiger partial charge is 0.395 e. The highest BCUT2D eigenvalue weighted by atomic mass is 19.1. The Hall–Kier alpha value is -1.90. The van der Waals surface area contributed by atoms with Crippen molar-refractivity contribution in [2.24, 2.45) is 5.73 Å². The monoisotopic (exact) mass is 278 g/mol. The summed E-state index contributed by atoms with van der Waals surface area (Å²) in [7, 11) is 0. The molecular weight excluding hydrogens is 259 g/mol. The van der Waals surface area contributed by atoms with Crippen molar-refractivity contribution in [3.8, 4) is 11.8 Å². The lowest BCUT2D eigenvalue weighted by Gasteiger charge is -2.26. The van der Waals surface area contributed by atoms with Crippen LogP contribution in [0, 0.1) is 17.7 Å². The number of hydrogen-bond donors (Lipinski definition) is 2. The van der Waals surface area contributed by atoms with Crippen LogP contribution < -0.4 is 5.73 Å². The molecule has 108 valence electrons. The molecule has 0 fully saturated rings. The van der Waals surface area contributed by atoms with E-state index >= 15 is 0 Å². The van der Waals surface area contributed by atoms with E-state index < -0.39 is 11.7 Å². The van der Waals surface area contributed by atoms with Gasteiger partial charge in [0.05, 0.1) is 18.7 Å². The molecule has 1 amide bonds. The molecule has 0 aliphatic heterocycles. The summed E-state index contributed by atoms with van der Waals surface area (Å²) in [5.41, 5.74) is 5.77. The quantitative estimate of drug-likeness (QED) is 0.807. The third-order valence-corrected chi connectivity index (χ3v) is 2.76. The second-order valence-corrected chi connectivity index (χ2v) is 4.52. The number of rotatable bonds is 4. The van der Waals surface area contributed by atoms with Gasteiger partial charge in [-0.25, -0.2) is 4.39 Å². The maximum absolute atomic E-state index is 13.8. The third kappa shape index (κ3) is 4.05. The average molecular weight is 278 g/mol. The summed E-state index contributed by atoms with van der Waals surface area (Å²) in [6, 6.07) is 3.99. The van der Waals surface area contributed by atoms with Crippen LogP contribution in [-0.2, 0) is 0 Å². The van der Waals surface area contributed by atoms with Crippen molar-refractivity contribution >= 4 is 5.91 Å². The second-order valence-electron chi connectivity index (χ2n) is 4.52. The number of aliphatic hydroxyl groups is 1. The maximum atomic E-state index is 13.8. The van der Waals surface area contributed by atoms with Crippen molar-refractivity contribution < 1.29 is 14.3 Å². The van der Waals surface area contributed by atoms with Crippen LogP contribution in [0.1, 0.15) is 29.8 Å². The average Bonchev–Trinajstić information content (AvgIpc) is 2.42. The summed E-state index contributed by atoms with van der Waals surface area (Å²) in [5.74, 6) is 4.37. The minimum atomic E-state index is -0.600. The lowest BCUT2D eigenvalue weighted by molar-refractivity contribution is 0.0660. The number of halogens is 1. The zero-order valence-corrected chi connectivity index (χ0v) is 11.7. The minimum Gasteiger partial charge on any atom is -0.395 e. The standard InChI is InChI=1S/C15H19FN2O2/c1-11(2)18(8-9-19)15(20)13-10-12(4-3-7-17)5-6-14(13)16/h5-6,10-11,19H,7-9,17H2,1-2H3. The molecule has 1 rings (SSSR count). The lowest BCUT2D eigenvalue weighted by atomic mass is 10.1. The molecule has 0 atom stereocenters. The predicted octanol–water partition coefficient (Wildman–Crippen LogP) is 0.979. The van der Waals surface area contributed by atoms with E-state index in [1.165, 1.54) is 23.1 Å². The van der Waals surface area contributed by atoms with E-state index in [1.807, 2.05) is 13.8 Å². The van der Waals surface area contributed by atoms with Crippen LogP contribution in [-0.4, -0.2) is 41.7 Å². The molecule has 1 aromatic rings. The van der Waals surface area contributed by atoms with Crippen LogP contribution in [0.15, 0.2) is 18.2 Å². The Bertz CT molecular complexity index is 532. The van der Waals surface area contributed by atoms with Crippen LogP contribution >= 0.6 is 0 Å². The molecule has 0 saturated carbocycles. The topological polar surface area (TPSA) is 66.6 Å². The van der Waals surface area contributed by atoms with Gasteiger partial charge in [-0.3, -0.25) is 4.79 Å². The van der Waals surface area contributed by atoms with Gasteiger partial charge < -0.3 is 15.7 Å². The minimum absolute atomic E-state index is 0.0454. The van der Waals surface area contributed by atoms with Crippen molar-refractivity contribution in [3.05, 3.63) is 35.1 Å². The second kappa shape index (κ2) is 7.63. The first-order valence-electron chi connectivity index (χ1n) is 6.41.